The van der Waals surface area contributed by atoms with Gasteiger partial charge in [-0.25, -0.2) is 61.6 Å². The fourth-order valence-electron chi connectivity index (χ4n) is 4.00. The lowest BCUT2D eigenvalue weighted by Gasteiger charge is -2.34. The summed E-state index contributed by atoms with van der Waals surface area (Å²) < 4.78 is 1.63. The van der Waals surface area contributed by atoms with E-state index >= 15 is 0 Å². The topological polar surface area (TPSA) is 300 Å². The standard InChI is InChI=1S/C19H21N9O11/c1-8(9(29)30)19(2-5-26-13(34)20-10(31)21-14(26)35,3-6-27-15(36)22-11(32)23-16(27)37)4-7-28-17(38)24-12(33)25-18(28)39/h1-7H2,(H,29,30)(H2,20,21,31,34,35)(H2,22,23,32,36,37)(H2,24,25,33,38,39). The minimum absolute atomic E-state index is 0.404. The van der Waals surface area contributed by atoms with Gasteiger partial charge >= 0.3 is 57.2 Å². The fraction of sp³-hybridized carbons (Fsp3) is 0.368. The Bertz CT molecular complexity index is 1660. The molecule has 39 heavy (non-hydrogen) atoms. The van der Waals surface area contributed by atoms with Crippen molar-refractivity contribution in [1.29, 1.82) is 0 Å². The molecule has 0 aliphatic carbocycles. The molecule has 3 rings (SSSR count). The molecule has 7 N–H and O–H groups in total. The molecule has 3 heterocycles. The number of nitrogens with zero attached hydrogens (tertiary/aromatic N) is 3. The molecular weight excluding hydrogens is 530 g/mol. The molecule has 208 valence electrons. The summed E-state index contributed by atoms with van der Waals surface area (Å²) in [6, 6.07) is 0. The monoisotopic (exact) mass is 551 g/mol. The lowest BCUT2D eigenvalue weighted by atomic mass is 9.72. The second-order valence-electron chi connectivity index (χ2n) is 8.34. The number of aliphatic carboxylic acids is 1. The number of carbonyl (C=O) groups is 1. The van der Waals surface area contributed by atoms with Crippen molar-refractivity contribution < 1.29 is 9.90 Å². The Morgan fingerprint density at radius 2 is 0.795 bits per heavy atom. The molecule has 0 aliphatic rings. The smallest absolute Gasteiger partial charge is 0.333 e. The molecule has 0 radical (unpaired) electrons. The molecule has 3 aromatic rings. The minimum Gasteiger partial charge on any atom is -0.478 e. The Morgan fingerprint density at radius 1 is 0.564 bits per heavy atom. The molecule has 20 nitrogen and oxygen atoms in total. The Hall–Kier alpha value is -5.56. The molecule has 0 unspecified atom stereocenters. The lowest BCUT2D eigenvalue weighted by Crippen LogP contribution is -2.47. The van der Waals surface area contributed by atoms with Crippen molar-refractivity contribution in [3.8, 4) is 0 Å². The average Bonchev–Trinajstić information content (AvgIpc) is 2.80. The van der Waals surface area contributed by atoms with Crippen molar-refractivity contribution in [2.45, 2.75) is 38.9 Å². The normalized spacial score (nSPS) is 11.4. The molecule has 3 aromatic heterocycles. The van der Waals surface area contributed by atoms with Crippen LogP contribution in [0.5, 0.6) is 0 Å². The summed E-state index contributed by atoms with van der Waals surface area (Å²) in [5.41, 5.74) is -12.3. The SMILES string of the molecule is C=C(C(=O)O)C(CCn1c(=O)[nH]c(=O)[nH]c1=O)(CCn1c(=O)[nH]c(=O)[nH]c1=O)CCn1c(=O)[nH]c(=O)[nH]c1=O. The predicted octanol–water partition coefficient (Wildman–Crippen LogP) is -5.50. The summed E-state index contributed by atoms with van der Waals surface area (Å²) >= 11 is 0. The third kappa shape index (κ3) is 6.06. The van der Waals surface area contributed by atoms with Crippen LogP contribution < -0.4 is 51.2 Å². The summed E-state index contributed by atoms with van der Waals surface area (Å²) in [6.07, 6.45) is -1.21. The maximum absolute atomic E-state index is 12.2. The number of H-pyrrole nitrogens is 6. The van der Waals surface area contributed by atoms with Crippen LogP contribution in [0.1, 0.15) is 19.3 Å². The van der Waals surface area contributed by atoms with E-state index in [0.29, 0.717) is 13.7 Å². The quantitative estimate of drug-likeness (QED) is 0.110. The van der Waals surface area contributed by atoms with Gasteiger partial charge in [-0.3, -0.25) is 29.9 Å². The van der Waals surface area contributed by atoms with Gasteiger partial charge in [0.15, 0.2) is 0 Å². The van der Waals surface area contributed by atoms with Gasteiger partial charge in [0, 0.05) is 30.6 Å². The van der Waals surface area contributed by atoms with Gasteiger partial charge in [0.2, 0.25) is 0 Å². The maximum atomic E-state index is 12.2. The van der Waals surface area contributed by atoms with Gasteiger partial charge in [-0.2, -0.15) is 0 Å². The first-order valence-electron chi connectivity index (χ1n) is 11.0. The summed E-state index contributed by atoms with van der Waals surface area (Å²) in [7, 11) is 0. The van der Waals surface area contributed by atoms with Gasteiger partial charge in [0.25, 0.3) is 0 Å². The molecule has 0 saturated carbocycles. The molecule has 0 fully saturated rings. The highest BCUT2D eigenvalue weighted by atomic mass is 16.4. The highest BCUT2D eigenvalue weighted by Gasteiger charge is 2.37. The van der Waals surface area contributed by atoms with Gasteiger partial charge in [-0.1, -0.05) is 6.58 Å². The molecule has 0 aliphatic heterocycles. The number of rotatable bonds is 11. The van der Waals surface area contributed by atoms with Crippen LogP contribution in [-0.4, -0.2) is 54.7 Å². The maximum Gasteiger partial charge on any atom is 0.333 e. The third-order valence-corrected chi connectivity index (χ3v) is 6.13. The zero-order valence-corrected chi connectivity index (χ0v) is 19.8. The highest BCUT2D eigenvalue weighted by Crippen LogP contribution is 2.39. The van der Waals surface area contributed by atoms with Crippen molar-refractivity contribution in [2.75, 3.05) is 0 Å². The Kier molecular flexibility index (Phi) is 7.77. The number of hydrogen-bond donors (Lipinski definition) is 7. The molecule has 20 heteroatoms. The van der Waals surface area contributed by atoms with Gasteiger partial charge < -0.3 is 5.11 Å². The van der Waals surface area contributed by atoms with Crippen LogP contribution in [0.15, 0.2) is 55.3 Å². The third-order valence-electron chi connectivity index (χ3n) is 6.13. The van der Waals surface area contributed by atoms with E-state index < -0.39 is 107 Å². The molecule has 0 saturated heterocycles. The first-order valence-corrected chi connectivity index (χ1v) is 11.0. The van der Waals surface area contributed by atoms with Crippen molar-refractivity contribution in [1.82, 2.24) is 43.6 Å². The number of aromatic nitrogens is 9. The molecule has 0 spiro atoms. The number of carboxylic acid groups (broad SMARTS) is 1. The van der Waals surface area contributed by atoms with E-state index in [9.17, 15) is 53.1 Å². The summed E-state index contributed by atoms with van der Waals surface area (Å²) in [5, 5.41) is 9.79. The second-order valence-corrected chi connectivity index (χ2v) is 8.34. The van der Waals surface area contributed by atoms with E-state index in [1.165, 1.54) is 0 Å². The van der Waals surface area contributed by atoms with Gasteiger partial charge in [-0.15, -0.1) is 0 Å². The Labute approximate surface area is 211 Å². The predicted molar refractivity (Wildman–Crippen MR) is 129 cm³/mol. The van der Waals surface area contributed by atoms with Crippen molar-refractivity contribution in [3.63, 3.8) is 0 Å². The summed E-state index contributed by atoms with van der Waals surface area (Å²) in [4.78, 5) is 130. The van der Waals surface area contributed by atoms with E-state index in [-0.39, 0.29) is 0 Å². The van der Waals surface area contributed by atoms with E-state index in [4.69, 9.17) is 0 Å². The number of carboxylic acids is 1. The summed E-state index contributed by atoms with van der Waals surface area (Å²) in [5.74, 6) is -1.57. The Balaban J connectivity index is 2.12. The molecule has 0 bridgehead atoms. The van der Waals surface area contributed by atoms with Crippen LogP contribution in [-0.2, 0) is 24.4 Å². The molecule has 0 aromatic carbocycles. The Morgan fingerprint density at radius 3 is 1.00 bits per heavy atom. The van der Waals surface area contributed by atoms with Gasteiger partial charge in [0.1, 0.15) is 0 Å². The van der Waals surface area contributed by atoms with Crippen LogP contribution in [0, 0.1) is 5.41 Å². The molecule has 0 atom stereocenters. The van der Waals surface area contributed by atoms with Crippen LogP contribution in [0.3, 0.4) is 0 Å². The van der Waals surface area contributed by atoms with Crippen molar-refractivity contribution in [3.05, 3.63) is 107 Å². The average molecular weight is 551 g/mol. The van der Waals surface area contributed by atoms with Crippen molar-refractivity contribution in [2.24, 2.45) is 5.41 Å². The number of nitrogens with one attached hydrogen (secondary N) is 6. The number of aromatic amines is 6. The first kappa shape index (κ1) is 28.0. The molecular formula is C19H21N9O11. The second kappa shape index (κ2) is 10.8. The number of hydrogen-bond acceptors (Lipinski definition) is 10. The summed E-state index contributed by atoms with van der Waals surface area (Å²) in [6.45, 7) is 1.98. The van der Waals surface area contributed by atoms with Crippen LogP contribution in [0.4, 0.5) is 0 Å². The highest BCUT2D eigenvalue weighted by molar-refractivity contribution is 5.87. The van der Waals surface area contributed by atoms with E-state index in [2.05, 4.69) is 6.58 Å². The van der Waals surface area contributed by atoms with Gasteiger partial charge in [0.05, 0.1) is 0 Å². The van der Waals surface area contributed by atoms with E-state index in [1.54, 1.807) is 0 Å². The van der Waals surface area contributed by atoms with Crippen LogP contribution >= 0.6 is 0 Å². The van der Waals surface area contributed by atoms with Crippen LogP contribution in [0.25, 0.3) is 0 Å². The minimum atomic E-state index is -1.72. The van der Waals surface area contributed by atoms with E-state index in [1.807, 2.05) is 29.9 Å². The van der Waals surface area contributed by atoms with Crippen molar-refractivity contribution >= 4 is 5.97 Å². The van der Waals surface area contributed by atoms with Gasteiger partial charge in [-0.05, 0) is 19.3 Å². The zero-order valence-electron chi connectivity index (χ0n) is 19.8. The largest absolute Gasteiger partial charge is 0.478 e. The van der Waals surface area contributed by atoms with Crippen LogP contribution in [0.2, 0.25) is 0 Å². The fourth-order valence-corrected chi connectivity index (χ4v) is 4.00. The first-order chi connectivity index (χ1) is 18.2. The molecule has 0 amide bonds. The van der Waals surface area contributed by atoms with E-state index in [0.717, 1.165) is 0 Å². The lowest BCUT2D eigenvalue weighted by molar-refractivity contribution is -0.134. The zero-order chi connectivity index (χ0) is 29.1.